The number of nitrogens with zero attached hydrogens (tertiary/aromatic N) is 3. The second-order valence-corrected chi connectivity index (χ2v) is 14.0. The Balaban J connectivity index is 0.999. The van der Waals surface area contributed by atoms with Gasteiger partial charge < -0.3 is 4.42 Å². The molecule has 11 rings (SSSR count). The zero-order valence-electron chi connectivity index (χ0n) is 29.6. The molecule has 4 heteroatoms. The Kier molecular flexibility index (Phi) is 7.14. The summed E-state index contributed by atoms with van der Waals surface area (Å²) in [6, 6.07) is 61.9. The molecule has 0 N–H and O–H groups in total. The van der Waals surface area contributed by atoms with Crippen molar-refractivity contribution in [2.75, 3.05) is 0 Å². The topological polar surface area (TPSA) is 51.8 Å². The Morgan fingerprint density at radius 3 is 1.58 bits per heavy atom. The van der Waals surface area contributed by atoms with E-state index in [9.17, 15) is 0 Å². The molecule has 4 nitrogen and oxygen atoms in total. The van der Waals surface area contributed by atoms with E-state index in [1.807, 2.05) is 42.6 Å². The number of para-hydroxylation sites is 1. The molecule has 0 aliphatic carbocycles. The van der Waals surface area contributed by atoms with E-state index in [1.54, 1.807) is 6.20 Å². The van der Waals surface area contributed by atoms with Gasteiger partial charge >= 0.3 is 0 Å². The van der Waals surface area contributed by atoms with E-state index < -0.39 is 0 Å². The smallest absolute Gasteiger partial charge is 0.160 e. The van der Waals surface area contributed by atoms with Crippen LogP contribution in [0.3, 0.4) is 0 Å². The molecule has 0 bridgehead atoms. The van der Waals surface area contributed by atoms with Gasteiger partial charge in [-0.1, -0.05) is 140 Å². The standard InChI is InChI=1S/C51H31N3O/c1-2-9-34(10-3-1)47-30-48(54-51(53-47)36-22-18-33(19-23-36)38-11-8-26-52-31-38)35-20-16-32(17-21-35)37-24-25-41-43(27-37)39-12-4-5-13-40(39)44-28-46-42-14-6-7-15-49(42)55-50(46)29-45(41)44/h1-31H. The highest BCUT2D eigenvalue weighted by atomic mass is 16.3. The van der Waals surface area contributed by atoms with Crippen LogP contribution in [-0.4, -0.2) is 15.0 Å². The number of rotatable bonds is 5. The summed E-state index contributed by atoms with van der Waals surface area (Å²) < 4.78 is 6.34. The monoisotopic (exact) mass is 701 g/mol. The van der Waals surface area contributed by atoms with Gasteiger partial charge in [0.1, 0.15) is 11.2 Å². The van der Waals surface area contributed by atoms with Crippen molar-refractivity contribution in [2.24, 2.45) is 0 Å². The van der Waals surface area contributed by atoms with Crippen LogP contribution < -0.4 is 0 Å². The second kappa shape index (κ2) is 12.6. The van der Waals surface area contributed by atoms with E-state index >= 15 is 0 Å². The highest BCUT2D eigenvalue weighted by Crippen LogP contribution is 2.41. The van der Waals surface area contributed by atoms with Crippen LogP contribution in [0.1, 0.15) is 0 Å². The lowest BCUT2D eigenvalue weighted by Crippen LogP contribution is -1.96. The zero-order chi connectivity index (χ0) is 36.3. The molecular weight excluding hydrogens is 671 g/mol. The Morgan fingerprint density at radius 1 is 0.309 bits per heavy atom. The van der Waals surface area contributed by atoms with Gasteiger partial charge in [-0.15, -0.1) is 0 Å². The van der Waals surface area contributed by atoms with E-state index in [-0.39, 0.29) is 0 Å². The Morgan fingerprint density at radius 2 is 0.855 bits per heavy atom. The number of fused-ring (bicyclic) bond motifs is 9. The van der Waals surface area contributed by atoms with Crippen LogP contribution >= 0.6 is 0 Å². The third kappa shape index (κ3) is 5.34. The summed E-state index contributed by atoms with van der Waals surface area (Å²) in [6.07, 6.45) is 3.67. The lowest BCUT2D eigenvalue weighted by molar-refractivity contribution is 0.669. The van der Waals surface area contributed by atoms with Crippen molar-refractivity contribution < 1.29 is 4.42 Å². The fraction of sp³-hybridized carbons (Fsp3) is 0. The minimum atomic E-state index is 0.687. The van der Waals surface area contributed by atoms with Gasteiger partial charge in [-0.25, -0.2) is 9.97 Å². The molecule has 0 saturated heterocycles. The quantitative estimate of drug-likeness (QED) is 0.168. The molecule has 0 aliphatic heterocycles. The molecule has 0 fully saturated rings. The van der Waals surface area contributed by atoms with Gasteiger partial charge in [-0.3, -0.25) is 4.98 Å². The summed E-state index contributed by atoms with van der Waals surface area (Å²) in [6.45, 7) is 0. The molecule has 0 aliphatic rings. The van der Waals surface area contributed by atoms with E-state index in [4.69, 9.17) is 14.4 Å². The number of furan rings is 1. The first kappa shape index (κ1) is 31.1. The lowest BCUT2D eigenvalue weighted by Gasteiger charge is -2.13. The molecule has 0 amide bonds. The number of hydrogen-bond acceptors (Lipinski definition) is 4. The van der Waals surface area contributed by atoms with E-state index in [1.165, 1.54) is 32.3 Å². The van der Waals surface area contributed by atoms with Crippen molar-refractivity contribution in [2.45, 2.75) is 0 Å². The van der Waals surface area contributed by atoms with Gasteiger partial charge in [0.25, 0.3) is 0 Å². The Labute approximate surface area is 317 Å². The molecular formula is C51H31N3O. The van der Waals surface area contributed by atoms with Crippen molar-refractivity contribution in [3.8, 4) is 56.2 Å². The maximum Gasteiger partial charge on any atom is 0.160 e. The van der Waals surface area contributed by atoms with E-state index in [0.29, 0.717) is 5.82 Å². The maximum atomic E-state index is 6.34. The predicted octanol–water partition coefficient (Wildman–Crippen LogP) is 13.6. The molecule has 8 aromatic carbocycles. The van der Waals surface area contributed by atoms with Gasteiger partial charge in [-0.05, 0) is 91.0 Å². The maximum absolute atomic E-state index is 6.34. The van der Waals surface area contributed by atoms with Gasteiger partial charge in [0.05, 0.1) is 11.4 Å². The van der Waals surface area contributed by atoms with Crippen LogP contribution in [0.4, 0.5) is 0 Å². The van der Waals surface area contributed by atoms with Crippen molar-refractivity contribution >= 4 is 54.3 Å². The molecule has 0 atom stereocenters. The molecule has 0 saturated carbocycles. The molecule has 0 spiro atoms. The number of pyridine rings is 1. The predicted molar refractivity (Wildman–Crippen MR) is 227 cm³/mol. The minimum Gasteiger partial charge on any atom is -0.456 e. The van der Waals surface area contributed by atoms with Crippen LogP contribution in [0.25, 0.3) is 110 Å². The minimum absolute atomic E-state index is 0.687. The van der Waals surface area contributed by atoms with Crippen LogP contribution in [0.15, 0.2) is 193 Å². The van der Waals surface area contributed by atoms with Gasteiger partial charge in [0, 0.05) is 39.9 Å². The largest absolute Gasteiger partial charge is 0.456 e. The Hall–Kier alpha value is -7.43. The summed E-state index contributed by atoms with van der Waals surface area (Å²) >= 11 is 0. The fourth-order valence-electron chi connectivity index (χ4n) is 8.01. The first-order chi connectivity index (χ1) is 27.2. The summed E-state index contributed by atoms with van der Waals surface area (Å²) in [7, 11) is 0. The van der Waals surface area contributed by atoms with Crippen molar-refractivity contribution in [1.29, 1.82) is 0 Å². The third-order valence-electron chi connectivity index (χ3n) is 10.8. The lowest BCUT2D eigenvalue weighted by atomic mass is 9.91. The second-order valence-electron chi connectivity index (χ2n) is 14.0. The van der Waals surface area contributed by atoms with Crippen LogP contribution in [-0.2, 0) is 0 Å². The van der Waals surface area contributed by atoms with Crippen LogP contribution in [0, 0.1) is 0 Å². The SMILES string of the molecule is c1ccc(-c2cc(-c3ccc(-c4ccc5c(c4)c4ccccc4c4cc6c(cc54)oc4ccccc46)cc3)nc(-c3ccc(-c4cccnc4)cc3)n2)cc1. The van der Waals surface area contributed by atoms with Gasteiger partial charge in [0.2, 0.25) is 0 Å². The van der Waals surface area contributed by atoms with Crippen molar-refractivity contribution in [3.63, 3.8) is 0 Å². The summed E-state index contributed by atoms with van der Waals surface area (Å²) in [4.78, 5) is 14.4. The third-order valence-corrected chi connectivity index (χ3v) is 10.8. The average Bonchev–Trinajstić information content (AvgIpc) is 3.64. The molecule has 0 unspecified atom stereocenters. The molecule has 3 heterocycles. The fourth-order valence-corrected chi connectivity index (χ4v) is 8.01. The number of aromatic nitrogens is 3. The number of benzene rings is 8. The van der Waals surface area contributed by atoms with Crippen LogP contribution in [0.5, 0.6) is 0 Å². The molecule has 0 radical (unpaired) electrons. The average molecular weight is 702 g/mol. The first-order valence-electron chi connectivity index (χ1n) is 18.5. The zero-order valence-corrected chi connectivity index (χ0v) is 29.6. The highest BCUT2D eigenvalue weighted by Gasteiger charge is 2.15. The van der Waals surface area contributed by atoms with E-state index in [2.05, 4.69) is 145 Å². The highest BCUT2D eigenvalue weighted by molar-refractivity contribution is 6.28. The molecule has 11 aromatic rings. The summed E-state index contributed by atoms with van der Waals surface area (Å²) in [5, 5.41) is 9.65. The van der Waals surface area contributed by atoms with Gasteiger partial charge in [-0.2, -0.15) is 0 Å². The van der Waals surface area contributed by atoms with Crippen molar-refractivity contribution in [3.05, 3.63) is 188 Å². The van der Waals surface area contributed by atoms with Crippen molar-refractivity contribution in [1.82, 2.24) is 15.0 Å². The van der Waals surface area contributed by atoms with E-state index in [0.717, 1.165) is 72.3 Å². The Bertz CT molecular complexity index is 3220. The summed E-state index contributed by atoms with van der Waals surface area (Å²) in [5.41, 5.74) is 11.1. The summed E-state index contributed by atoms with van der Waals surface area (Å²) in [5.74, 6) is 0.687. The molecule has 55 heavy (non-hydrogen) atoms. The normalized spacial score (nSPS) is 11.6. The number of hydrogen-bond donors (Lipinski definition) is 0. The first-order valence-corrected chi connectivity index (χ1v) is 18.5. The van der Waals surface area contributed by atoms with Crippen LogP contribution in [0.2, 0.25) is 0 Å². The molecule has 256 valence electrons. The van der Waals surface area contributed by atoms with Gasteiger partial charge in [0.15, 0.2) is 5.82 Å². The molecule has 3 aromatic heterocycles.